The Labute approximate surface area is 89.3 Å². The second-order valence-electron chi connectivity index (χ2n) is 3.01. The summed E-state index contributed by atoms with van der Waals surface area (Å²) >= 11 is 0. The number of furan rings is 1. The Morgan fingerprint density at radius 2 is 2.25 bits per heavy atom. The van der Waals surface area contributed by atoms with Gasteiger partial charge in [-0.1, -0.05) is 0 Å². The van der Waals surface area contributed by atoms with Gasteiger partial charge in [-0.05, 0) is 12.1 Å². The van der Waals surface area contributed by atoms with Gasteiger partial charge in [0.05, 0.1) is 6.26 Å². The molecule has 0 radical (unpaired) electrons. The van der Waals surface area contributed by atoms with E-state index in [1.165, 1.54) is 6.26 Å². The van der Waals surface area contributed by atoms with Crippen LogP contribution in [-0.2, 0) is 16.1 Å². The van der Waals surface area contributed by atoms with Crippen LogP contribution < -0.4 is 5.48 Å². The van der Waals surface area contributed by atoms with Crippen molar-refractivity contribution in [2.45, 2.75) is 19.0 Å². The van der Waals surface area contributed by atoms with Crippen molar-refractivity contribution in [3.63, 3.8) is 0 Å². The third kappa shape index (κ3) is 5.40. The summed E-state index contributed by atoms with van der Waals surface area (Å²) in [4.78, 5) is 15.0. The Hall–Kier alpha value is -1.50. The van der Waals surface area contributed by atoms with Crippen molar-refractivity contribution < 1.29 is 27.2 Å². The molecule has 1 amide bonds. The molecule has 1 heterocycles. The van der Waals surface area contributed by atoms with E-state index in [0.29, 0.717) is 12.2 Å². The highest BCUT2D eigenvalue weighted by Gasteiger charge is 2.28. The third-order valence-electron chi connectivity index (χ3n) is 1.60. The Kier molecular flexibility index (Phi) is 4.36. The number of nitrogens with one attached hydrogen (secondary N) is 1. The summed E-state index contributed by atoms with van der Waals surface area (Å²) in [6, 6.07) is 3.33. The second-order valence-corrected chi connectivity index (χ2v) is 3.01. The van der Waals surface area contributed by atoms with Crippen LogP contribution in [0.2, 0.25) is 0 Å². The number of hydrogen-bond donors (Lipinski definition) is 1. The summed E-state index contributed by atoms with van der Waals surface area (Å²) in [5.41, 5.74) is 1.70. The van der Waals surface area contributed by atoms with Gasteiger partial charge in [0, 0.05) is 12.8 Å². The van der Waals surface area contributed by atoms with Crippen LogP contribution in [0.1, 0.15) is 12.2 Å². The predicted octanol–water partition coefficient (Wildman–Crippen LogP) is 1.82. The first-order valence-electron chi connectivity index (χ1n) is 4.47. The van der Waals surface area contributed by atoms with Crippen LogP contribution in [0.3, 0.4) is 0 Å². The summed E-state index contributed by atoms with van der Waals surface area (Å²) in [7, 11) is 0. The first-order chi connectivity index (χ1) is 7.47. The second kappa shape index (κ2) is 5.55. The molecule has 0 aliphatic carbocycles. The molecule has 16 heavy (non-hydrogen) atoms. The van der Waals surface area contributed by atoms with Crippen molar-refractivity contribution in [1.82, 2.24) is 5.48 Å². The van der Waals surface area contributed by atoms with E-state index in [4.69, 9.17) is 4.42 Å². The molecule has 0 atom stereocenters. The van der Waals surface area contributed by atoms with Gasteiger partial charge in [-0.3, -0.25) is 9.63 Å². The fraction of sp³-hybridized carbons (Fsp3) is 0.444. The first-order valence-corrected chi connectivity index (χ1v) is 4.47. The maximum Gasteiger partial charge on any atom is 0.414 e. The van der Waals surface area contributed by atoms with Crippen LogP contribution in [0.5, 0.6) is 0 Å². The number of carbonyl (C=O) groups excluding carboxylic acids is 1. The molecular formula is C9H10F3NO3. The Balaban J connectivity index is 2.12. The zero-order valence-electron chi connectivity index (χ0n) is 8.21. The standard InChI is InChI=1S/C9H10F3NO3/c10-9(11,12)6-16-13-8(14)4-3-7-2-1-5-15-7/h1-2,5H,3-4,6H2,(H,13,14). The molecule has 4 nitrogen and oxygen atoms in total. The van der Waals surface area contributed by atoms with Crippen molar-refractivity contribution in [2.24, 2.45) is 0 Å². The largest absolute Gasteiger partial charge is 0.469 e. The van der Waals surface area contributed by atoms with Crippen molar-refractivity contribution in [1.29, 1.82) is 0 Å². The van der Waals surface area contributed by atoms with Gasteiger partial charge in [-0.2, -0.15) is 13.2 Å². The summed E-state index contributed by atoms with van der Waals surface area (Å²) in [6.07, 6.45) is -2.68. The van der Waals surface area contributed by atoms with Crippen molar-refractivity contribution >= 4 is 5.91 Å². The maximum atomic E-state index is 11.6. The molecule has 1 N–H and O–H groups in total. The van der Waals surface area contributed by atoms with Gasteiger partial charge in [0.25, 0.3) is 0 Å². The van der Waals surface area contributed by atoms with Crippen LogP contribution >= 0.6 is 0 Å². The van der Waals surface area contributed by atoms with E-state index in [1.807, 2.05) is 0 Å². The highest BCUT2D eigenvalue weighted by Crippen LogP contribution is 2.13. The molecule has 7 heteroatoms. The highest BCUT2D eigenvalue weighted by molar-refractivity contribution is 5.74. The van der Waals surface area contributed by atoms with Gasteiger partial charge in [-0.25, -0.2) is 5.48 Å². The van der Waals surface area contributed by atoms with Gasteiger partial charge < -0.3 is 4.42 Å². The number of alkyl halides is 3. The molecule has 0 aromatic carbocycles. The van der Waals surface area contributed by atoms with Crippen LogP contribution in [0.25, 0.3) is 0 Å². The molecule has 0 aliphatic rings. The molecular weight excluding hydrogens is 227 g/mol. The topological polar surface area (TPSA) is 51.5 Å². The van der Waals surface area contributed by atoms with E-state index < -0.39 is 18.7 Å². The van der Waals surface area contributed by atoms with E-state index in [-0.39, 0.29) is 6.42 Å². The predicted molar refractivity (Wildman–Crippen MR) is 47.2 cm³/mol. The van der Waals surface area contributed by atoms with Crippen molar-refractivity contribution in [2.75, 3.05) is 6.61 Å². The number of halogens is 3. The number of aryl methyl sites for hydroxylation is 1. The Morgan fingerprint density at radius 1 is 1.50 bits per heavy atom. The number of rotatable bonds is 5. The molecule has 0 saturated carbocycles. The molecule has 0 unspecified atom stereocenters. The lowest BCUT2D eigenvalue weighted by atomic mass is 10.2. The van der Waals surface area contributed by atoms with Crippen LogP contribution in [0.15, 0.2) is 22.8 Å². The normalized spacial score (nSPS) is 11.4. The van der Waals surface area contributed by atoms with E-state index in [0.717, 1.165) is 0 Å². The molecule has 0 fully saturated rings. The molecule has 0 saturated heterocycles. The monoisotopic (exact) mass is 237 g/mol. The number of carbonyl (C=O) groups is 1. The SMILES string of the molecule is O=C(CCc1ccco1)NOCC(F)(F)F. The molecule has 1 aromatic heterocycles. The van der Waals surface area contributed by atoms with Gasteiger partial charge in [-0.15, -0.1) is 0 Å². The lowest BCUT2D eigenvalue weighted by Crippen LogP contribution is -2.29. The maximum absolute atomic E-state index is 11.6. The van der Waals surface area contributed by atoms with Crippen molar-refractivity contribution in [3.05, 3.63) is 24.2 Å². The summed E-state index contributed by atoms with van der Waals surface area (Å²) in [5.74, 6) is -0.0355. The zero-order chi connectivity index (χ0) is 12.0. The third-order valence-corrected chi connectivity index (χ3v) is 1.60. The van der Waals surface area contributed by atoms with Crippen molar-refractivity contribution in [3.8, 4) is 0 Å². The lowest BCUT2D eigenvalue weighted by Gasteiger charge is -2.07. The zero-order valence-corrected chi connectivity index (χ0v) is 8.21. The number of hydrogen-bond acceptors (Lipinski definition) is 3. The highest BCUT2D eigenvalue weighted by atomic mass is 19.4. The van der Waals surface area contributed by atoms with Gasteiger partial charge in [0.15, 0.2) is 6.61 Å². The number of hydroxylamine groups is 1. The lowest BCUT2D eigenvalue weighted by molar-refractivity contribution is -0.191. The molecule has 0 bridgehead atoms. The van der Waals surface area contributed by atoms with Gasteiger partial charge in [0.1, 0.15) is 5.76 Å². The smallest absolute Gasteiger partial charge is 0.414 e. The average Bonchev–Trinajstić information content (AvgIpc) is 2.65. The van der Waals surface area contributed by atoms with Gasteiger partial charge in [0.2, 0.25) is 5.91 Å². The van der Waals surface area contributed by atoms with E-state index in [1.54, 1.807) is 17.6 Å². The van der Waals surface area contributed by atoms with E-state index >= 15 is 0 Å². The summed E-state index contributed by atoms with van der Waals surface area (Å²) in [6.45, 7) is -1.50. The van der Waals surface area contributed by atoms with E-state index in [2.05, 4.69) is 4.84 Å². The minimum Gasteiger partial charge on any atom is -0.469 e. The summed E-state index contributed by atoms with van der Waals surface area (Å²) < 4.78 is 39.8. The Bertz CT molecular complexity index is 321. The quantitative estimate of drug-likeness (QED) is 0.795. The van der Waals surface area contributed by atoms with Crippen LogP contribution in [-0.4, -0.2) is 18.7 Å². The summed E-state index contributed by atoms with van der Waals surface area (Å²) in [5, 5.41) is 0. The Morgan fingerprint density at radius 3 is 2.81 bits per heavy atom. The average molecular weight is 237 g/mol. The minimum absolute atomic E-state index is 0.00533. The van der Waals surface area contributed by atoms with E-state index in [9.17, 15) is 18.0 Å². The number of amides is 1. The van der Waals surface area contributed by atoms with Gasteiger partial charge >= 0.3 is 6.18 Å². The first kappa shape index (κ1) is 12.6. The minimum atomic E-state index is -4.45. The molecule has 90 valence electrons. The fourth-order valence-corrected chi connectivity index (χ4v) is 0.941. The molecule has 0 spiro atoms. The molecule has 1 rings (SSSR count). The van der Waals surface area contributed by atoms with Crippen LogP contribution in [0.4, 0.5) is 13.2 Å². The van der Waals surface area contributed by atoms with Crippen LogP contribution in [0, 0.1) is 0 Å². The molecule has 0 aliphatic heterocycles. The fourth-order valence-electron chi connectivity index (χ4n) is 0.941. The molecule has 1 aromatic rings.